The number of rotatable bonds is 6. The summed E-state index contributed by atoms with van der Waals surface area (Å²) in [6.07, 6.45) is 2.80. The van der Waals surface area contributed by atoms with E-state index >= 15 is 0 Å². The highest BCUT2D eigenvalue weighted by molar-refractivity contribution is 5.83. The first-order chi connectivity index (χ1) is 10.6. The molecule has 1 unspecified atom stereocenters. The van der Waals surface area contributed by atoms with Gasteiger partial charge in [-0.25, -0.2) is 0 Å². The lowest BCUT2D eigenvalue weighted by Crippen LogP contribution is -2.27. The molecule has 0 radical (unpaired) electrons. The minimum absolute atomic E-state index is 0.0299. The fourth-order valence-corrected chi connectivity index (χ4v) is 2.40. The third-order valence-electron chi connectivity index (χ3n) is 3.69. The third kappa shape index (κ3) is 4.69. The number of nitrogens with one attached hydrogen (secondary N) is 1. The third-order valence-corrected chi connectivity index (χ3v) is 3.69. The fourth-order valence-electron chi connectivity index (χ4n) is 2.40. The van der Waals surface area contributed by atoms with Crippen molar-refractivity contribution in [2.45, 2.75) is 39.7 Å². The average Bonchev–Trinajstić information content (AvgIpc) is 2.53. The Bertz CT molecular complexity index is 591. The van der Waals surface area contributed by atoms with Crippen LogP contribution in [-0.2, 0) is 17.8 Å². The molecule has 1 atom stereocenters. The molecule has 1 amide bonds. The summed E-state index contributed by atoms with van der Waals surface area (Å²) in [5, 5.41) is 2.94. The highest BCUT2D eigenvalue weighted by Gasteiger charge is 2.15. The zero-order valence-electron chi connectivity index (χ0n) is 13.5. The molecule has 0 saturated carbocycles. The SMILES string of the molecule is CC(C)Cc1ccc(C(C)C(=O)NCc2ccccn2)cc1. The number of hydrogen-bond acceptors (Lipinski definition) is 2. The van der Waals surface area contributed by atoms with Gasteiger partial charge in [-0.05, 0) is 42.5 Å². The van der Waals surface area contributed by atoms with E-state index in [9.17, 15) is 4.79 Å². The lowest BCUT2D eigenvalue weighted by Gasteiger charge is -2.13. The Morgan fingerprint density at radius 1 is 1.09 bits per heavy atom. The summed E-state index contributed by atoms with van der Waals surface area (Å²) < 4.78 is 0. The molecule has 116 valence electrons. The first-order valence-corrected chi connectivity index (χ1v) is 7.82. The van der Waals surface area contributed by atoms with E-state index in [1.807, 2.05) is 25.1 Å². The van der Waals surface area contributed by atoms with E-state index in [2.05, 4.69) is 48.4 Å². The Hall–Kier alpha value is -2.16. The maximum atomic E-state index is 12.2. The molecule has 2 aromatic rings. The molecule has 3 heteroatoms. The van der Waals surface area contributed by atoms with Crippen molar-refractivity contribution in [3.63, 3.8) is 0 Å². The molecule has 0 aliphatic heterocycles. The normalized spacial score (nSPS) is 12.2. The molecule has 1 heterocycles. The molecule has 1 aromatic heterocycles. The van der Waals surface area contributed by atoms with Crippen molar-refractivity contribution in [2.24, 2.45) is 5.92 Å². The molecule has 0 aliphatic carbocycles. The van der Waals surface area contributed by atoms with E-state index in [1.54, 1.807) is 6.20 Å². The molecule has 0 spiro atoms. The largest absolute Gasteiger partial charge is 0.350 e. The summed E-state index contributed by atoms with van der Waals surface area (Å²) in [5.74, 6) is 0.518. The molecule has 0 bridgehead atoms. The van der Waals surface area contributed by atoms with E-state index < -0.39 is 0 Å². The number of carbonyl (C=O) groups excluding carboxylic acids is 1. The van der Waals surface area contributed by atoms with Crippen molar-refractivity contribution in [2.75, 3.05) is 0 Å². The molecule has 1 aromatic carbocycles. The van der Waals surface area contributed by atoms with Crippen LogP contribution in [0.25, 0.3) is 0 Å². The quantitative estimate of drug-likeness (QED) is 0.883. The van der Waals surface area contributed by atoms with Gasteiger partial charge in [-0.1, -0.05) is 44.2 Å². The Balaban J connectivity index is 1.92. The van der Waals surface area contributed by atoms with Crippen LogP contribution in [0.1, 0.15) is 43.5 Å². The number of pyridine rings is 1. The monoisotopic (exact) mass is 296 g/mol. The van der Waals surface area contributed by atoms with Crippen LogP contribution in [0.3, 0.4) is 0 Å². The van der Waals surface area contributed by atoms with E-state index in [-0.39, 0.29) is 11.8 Å². The maximum Gasteiger partial charge on any atom is 0.227 e. The van der Waals surface area contributed by atoms with Crippen molar-refractivity contribution in [1.82, 2.24) is 10.3 Å². The van der Waals surface area contributed by atoms with Gasteiger partial charge < -0.3 is 5.32 Å². The summed E-state index contributed by atoms with van der Waals surface area (Å²) in [4.78, 5) is 16.4. The highest BCUT2D eigenvalue weighted by atomic mass is 16.1. The van der Waals surface area contributed by atoms with Gasteiger partial charge in [0.15, 0.2) is 0 Å². The van der Waals surface area contributed by atoms with Crippen LogP contribution >= 0.6 is 0 Å². The van der Waals surface area contributed by atoms with Crippen molar-refractivity contribution >= 4 is 5.91 Å². The van der Waals surface area contributed by atoms with Crippen molar-refractivity contribution in [3.05, 3.63) is 65.5 Å². The Kier molecular flexibility index (Phi) is 5.70. The van der Waals surface area contributed by atoms with Gasteiger partial charge in [-0.3, -0.25) is 9.78 Å². The van der Waals surface area contributed by atoms with Crippen molar-refractivity contribution < 1.29 is 4.79 Å². The molecule has 3 nitrogen and oxygen atoms in total. The summed E-state index contributed by atoms with van der Waals surface area (Å²) in [5.41, 5.74) is 3.24. The lowest BCUT2D eigenvalue weighted by atomic mass is 9.96. The van der Waals surface area contributed by atoms with Crippen molar-refractivity contribution in [3.8, 4) is 0 Å². The Morgan fingerprint density at radius 3 is 2.41 bits per heavy atom. The number of benzene rings is 1. The molecular formula is C19H24N2O. The fraction of sp³-hybridized carbons (Fsp3) is 0.368. The van der Waals surface area contributed by atoms with Crippen LogP contribution in [0.5, 0.6) is 0 Å². The van der Waals surface area contributed by atoms with Gasteiger partial charge in [-0.15, -0.1) is 0 Å². The molecule has 0 fully saturated rings. The number of hydrogen-bond donors (Lipinski definition) is 1. The summed E-state index contributed by atoms with van der Waals surface area (Å²) in [7, 11) is 0. The Labute approximate surface area is 132 Å². The lowest BCUT2D eigenvalue weighted by molar-refractivity contribution is -0.122. The number of aromatic nitrogens is 1. The molecule has 0 saturated heterocycles. The van der Waals surface area contributed by atoms with Crippen LogP contribution < -0.4 is 5.32 Å². The summed E-state index contributed by atoms with van der Waals surface area (Å²) in [6.45, 7) is 6.82. The van der Waals surface area contributed by atoms with Gasteiger partial charge >= 0.3 is 0 Å². The number of nitrogens with zero attached hydrogens (tertiary/aromatic N) is 1. The second kappa shape index (κ2) is 7.74. The highest BCUT2D eigenvalue weighted by Crippen LogP contribution is 2.17. The second-order valence-electron chi connectivity index (χ2n) is 6.10. The van der Waals surface area contributed by atoms with Crippen LogP contribution in [0.2, 0.25) is 0 Å². The maximum absolute atomic E-state index is 12.2. The first kappa shape index (κ1) is 16.2. The van der Waals surface area contributed by atoms with E-state index in [0.29, 0.717) is 12.5 Å². The predicted octanol–water partition coefficient (Wildman–Crippen LogP) is 3.70. The minimum atomic E-state index is -0.156. The zero-order valence-corrected chi connectivity index (χ0v) is 13.5. The second-order valence-corrected chi connectivity index (χ2v) is 6.10. The van der Waals surface area contributed by atoms with Crippen LogP contribution in [0.4, 0.5) is 0 Å². The van der Waals surface area contributed by atoms with Gasteiger partial charge in [0.1, 0.15) is 0 Å². The zero-order chi connectivity index (χ0) is 15.9. The van der Waals surface area contributed by atoms with Gasteiger partial charge in [-0.2, -0.15) is 0 Å². The van der Waals surface area contributed by atoms with E-state index in [4.69, 9.17) is 0 Å². The standard InChI is InChI=1S/C19H24N2O/c1-14(2)12-16-7-9-17(10-8-16)15(3)19(22)21-13-18-6-4-5-11-20-18/h4-11,14-15H,12-13H2,1-3H3,(H,21,22). The van der Waals surface area contributed by atoms with Crippen LogP contribution in [0, 0.1) is 5.92 Å². The predicted molar refractivity (Wildman–Crippen MR) is 89.5 cm³/mol. The smallest absolute Gasteiger partial charge is 0.227 e. The number of amides is 1. The minimum Gasteiger partial charge on any atom is -0.350 e. The summed E-state index contributed by atoms with van der Waals surface area (Å²) >= 11 is 0. The number of carbonyl (C=O) groups is 1. The molecular weight excluding hydrogens is 272 g/mol. The van der Waals surface area contributed by atoms with Gasteiger partial charge in [0.2, 0.25) is 5.91 Å². The van der Waals surface area contributed by atoms with E-state index in [1.165, 1.54) is 5.56 Å². The summed E-state index contributed by atoms with van der Waals surface area (Å²) in [6, 6.07) is 14.1. The van der Waals surface area contributed by atoms with Gasteiger partial charge in [0.05, 0.1) is 18.2 Å². The topological polar surface area (TPSA) is 42.0 Å². The molecule has 2 rings (SSSR count). The average molecular weight is 296 g/mol. The molecule has 22 heavy (non-hydrogen) atoms. The van der Waals surface area contributed by atoms with Gasteiger partial charge in [0.25, 0.3) is 0 Å². The van der Waals surface area contributed by atoms with Crippen LogP contribution in [-0.4, -0.2) is 10.9 Å². The molecule has 1 N–H and O–H groups in total. The Morgan fingerprint density at radius 2 is 1.82 bits per heavy atom. The van der Waals surface area contributed by atoms with Crippen LogP contribution in [0.15, 0.2) is 48.7 Å². The molecule has 0 aliphatic rings. The first-order valence-electron chi connectivity index (χ1n) is 7.82. The van der Waals surface area contributed by atoms with E-state index in [0.717, 1.165) is 17.7 Å². The van der Waals surface area contributed by atoms with Gasteiger partial charge in [0, 0.05) is 6.20 Å². The van der Waals surface area contributed by atoms with Crippen molar-refractivity contribution in [1.29, 1.82) is 0 Å².